The Morgan fingerprint density at radius 3 is 1.00 bits per heavy atom. The average Bonchev–Trinajstić information content (AvgIpc) is 2.59. The number of unbranched alkanes of at least 4 members (excludes halogenated alkanes) is 13. The minimum atomic E-state index is -5.04. The van der Waals surface area contributed by atoms with E-state index in [9.17, 15) is 28.5 Å². The van der Waals surface area contributed by atoms with Gasteiger partial charge in [0.15, 0.2) is 5.52 Å². The van der Waals surface area contributed by atoms with Crippen molar-refractivity contribution in [3.63, 3.8) is 0 Å². The summed E-state index contributed by atoms with van der Waals surface area (Å²) in [5, 5.41) is 0. The van der Waals surface area contributed by atoms with Gasteiger partial charge in [-0.3, -0.25) is 14.2 Å². The van der Waals surface area contributed by atoms with E-state index >= 15 is 0 Å². The van der Waals surface area contributed by atoms with Crippen LogP contribution in [0, 0.1) is 0 Å². The summed E-state index contributed by atoms with van der Waals surface area (Å²) in [6.45, 7) is 0. The molecule has 0 aromatic carbocycles. The molecule has 0 saturated heterocycles. The van der Waals surface area contributed by atoms with Gasteiger partial charge < -0.3 is 24.1 Å². The van der Waals surface area contributed by atoms with Crippen molar-refractivity contribution in [2.45, 2.75) is 103 Å². The van der Waals surface area contributed by atoms with Crippen LogP contribution in [0.25, 0.3) is 0 Å². The second-order valence-electron chi connectivity index (χ2n) is 7.28. The van der Waals surface area contributed by atoms with Gasteiger partial charge >= 0.3 is 66.7 Å². The molecule has 166 valence electrons. The molecule has 0 unspecified atom stereocenters. The summed E-state index contributed by atoms with van der Waals surface area (Å²) in [5.41, 5.74) is -2.14. The summed E-state index contributed by atoms with van der Waals surface area (Å²) >= 11 is 0. The van der Waals surface area contributed by atoms with Gasteiger partial charge in [0.2, 0.25) is 5.52 Å². The van der Waals surface area contributed by atoms with Gasteiger partial charge in [0.05, 0.1) is 0 Å². The molecule has 0 heterocycles. The SMILES string of the molecule is O=C(CCCCCCCCCCCCCCCCC(=O)P(=O)(O)O)P(=O)([O-])[O-].[Na+].[Na+]. The topological polar surface area (TPSA) is 155 Å². The van der Waals surface area contributed by atoms with Crippen molar-refractivity contribution in [2.75, 3.05) is 0 Å². The summed E-state index contributed by atoms with van der Waals surface area (Å²) in [6, 6.07) is 0. The molecule has 0 amide bonds. The zero-order chi connectivity index (χ0) is 21.5. The van der Waals surface area contributed by atoms with Crippen molar-refractivity contribution in [2.24, 2.45) is 0 Å². The Morgan fingerprint density at radius 1 is 0.533 bits per heavy atom. The van der Waals surface area contributed by atoms with Crippen molar-refractivity contribution in [1.29, 1.82) is 0 Å². The first-order chi connectivity index (χ1) is 13.0. The van der Waals surface area contributed by atoms with Crippen molar-refractivity contribution < 1.29 is 97.4 Å². The summed E-state index contributed by atoms with van der Waals surface area (Å²) in [7, 11) is -9.58. The van der Waals surface area contributed by atoms with Gasteiger partial charge in [-0.05, 0) is 12.8 Å². The molecule has 0 aliphatic carbocycles. The Kier molecular flexibility index (Phi) is 25.6. The summed E-state index contributed by atoms with van der Waals surface area (Å²) in [4.78, 5) is 60.2. The van der Waals surface area contributed by atoms with Crippen molar-refractivity contribution in [1.82, 2.24) is 0 Å². The first kappa shape index (κ1) is 36.2. The molecule has 0 saturated carbocycles. The second-order valence-corrected chi connectivity index (χ2v) is 10.4. The molecular formula is C18H34Na2O8P2. The monoisotopic (exact) mass is 486 g/mol. The minimum Gasteiger partial charge on any atom is -0.805 e. The summed E-state index contributed by atoms with van der Waals surface area (Å²) in [6.07, 6.45) is 13.3. The molecule has 0 fully saturated rings. The van der Waals surface area contributed by atoms with Crippen LogP contribution in [0.1, 0.15) is 103 Å². The van der Waals surface area contributed by atoms with Gasteiger partial charge in [0.1, 0.15) is 0 Å². The number of rotatable bonds is 19. The van der Waals surface area contributed by atoms with E-state index in [1.165, 1.54) is 12.8 Å². The van der Waals surface area contributed by atoms with Crippen molar-refractivity contribution >= 4 is 26.2 Å². The fraction of sp³-hybridized carbons (Fsp3) is 0.889. The van der Waals surface area contributed by atoms with Crippen LogP contribution in [0.5, 0.6) is 0 Å². The Balaban J connectivity index is -0.00000364. The Morgan fingerprint density at radius 2 is 0.767 bits per heavy atom. The predicted molar refractivity (Wildman–Crippen MR) is 104 cm³/mol. The predicted octanol–water partition coefficient (Wildman–Crippen LogP) is -2.62. The smallest absolute Gasteiger partial charge is 0.805 e. The summed E-state index contributed by atoms with van der Waals surface area (Å²) < 4.78 is 21.1. The molecule has 0 aromatic rings. The van der Waals surface area contributed by atoms with E-state index in [1.807, 2.05) is 0 Å². The number of hydrogen-bond acceptors (Lipinski definition) is 6. The molecule has 30 heavy (non-hydrogen) atoms. The van der Waals surface area contributed by atoms with Crippen LogP contribution in [-0.4, -0.2) is 20.8 Å². The van der Waals surface area contributed by atoms with Crippen LogP contribution >= 0.6 is 15.2 Å². The first-order valence-corrected chi connectivity index (χ1v) is 13.3. The molecule has 0 rings (SSSR count). The minimum absolute atomic E-state index is 0. The Labute approximate surface area is 224 Å². The van der Waals surface area contributed by atoms with Crippen LogP contribution in [-0.2, 0) is 18.7 Å². The first-order valence-electron chi connectivity index (χ1n) is 10.2. The normalized spacial score (nSPS) is 11.5. The molecule has 0 spiro atoms. The van der Waals surface area contributed by atoms with Gasteiger partial charge in [-0.2, -0.15) is 0 Å². The van der Waals surface area contributed by atoms with Crippen LogP contribution in [0.4, 0.5) is 0 Å². The van der Waals surface area contributed by atoms with Crippen LogP contribution in [0.15, 0.2) is 0 Å². The van der Waals surface area contributed by atoms with E-state index in [-0.39, 0.29) is 72.0 Å². The molecule has 0 atom stereocenters. The second kappa shape index (κ2) is 21.2. The third-order valence-corrected chi connectivity index (χ3v) is 6.37. The maximum atomic E-state index is 11.1. The standard InChI is InChI=1S/C18H36O8P2.2Na/c19-17(27(21,22)23)15-13-11-9-7-5-3-1-2-4-6-8-10-12-14-16-18(20)28(24,25)26;;/h1-16H2,(H2,21,22,23)(H2,24,25,26);;/q;2*+1/p-2. The fourth-order valence-corrected chi connectivity index (χ4v) is 3.84. The summed E-state index contributed by atoms with van der Waals surface area (Å²) in [5.74, 6) is 0. The van der Waals surface area contributed by atoms with Gasteiger partial charge in [-0.1, -0.05) is 77.0 Å². The van der Waals surface area contributed by atoms with E-state index in [0.29, 0.717) is 12.8 Å². The van der Waals surface area contributed by atoms with Crippen molar-refractivity contribution in [3.8, 4) is 0 Å². The molecule has 0 radical (unpaired) electrons. The van der Waals surface area contributed by atoms with Crippen LogP contribution in [0.3, 0.4) is 0 Å². The zero-order valence-corrected chi connectivity index (χ0v) is 24.3. The van der Waals surface area contributed by atoms with E-state index < -0.39 is 26.2 Å². The van der Waals surface area contributed by atoms with Gasteiger partial charge in [0, 0.05) is 20.4 Å². The molecule has 8 nitrogen and oxygen atoms in total. The largest absolute Gasteiger partial charge is 1.00 e. The number of carbonyl (C=O) groups excluding carboxylic acids is 2. The zero-order valence-electron chi connectivity index (χ0n) is 18.6. The number of hydrogen-bond donors (Lipinski definition) is 2. The third kappa shape index (κ3) is 22.8. The van der Waals surface area contributed by atoms with Gasteiger partial charge in [-0.15, -0.1) is 0 Å². The molecule has 0 aliphatic heterocycles. The number of carbonyl (C=O) groups is 2. The maximum Gasteiger partial charge on any atom is 1.00 e. The third-order valence-electron chi connectivity index (χ3n) is 4.66. The fourth-order valence-electron chi connectivity index (χ4n) is 2.96. The molecule has 0 aromatic heterocycles. The Hall–Kier alpha value is 1.64. The van der Waals surface area contributed by atoms with E-state index in [2.05, 4.69) is 0 Å². The van der Waals surface area contributed by atoms with Gasteiger partial charge in [0.25, 0.3) is 0 Å². The van der Waals surface area contributed by atoms with E-state index in [0.717, 1.165) is 64.2 Å². The van der Waals surface area contributed by atoms with Gasteiger partial charge in [-0.25, -0.2) is 0 Å². The molecule has 0 aliphatic rings. The van der Waals surface area contributed by atoms with Crippen LogP contribution in [0.2, 0.25) is 0 Å². The quantitative estimate of drug-likeness (QED) is 0.114. The van der Waals surface area contributed by atoms with E-state index in [4.69, 9.17) is 9.79 Å². The molecule has 2 N–H and O–H groups in total. The molecular weight excluding hydrogens is 452 g/mol. The average molecular weight is 486 g/mol. The van der Waals surface area contributed by atoms with Crippen LogP contribution < -0.4 is 68.9 Å². The molecule has 0 bridgehead atoms. The molecule has 12 heteroatoms. The van der Waals surface area contributed by atoms with Crippen molar-refractivity contribution in [3.05, 3.63) is 0 Å². The van der Waals surface area contributed by atoms with E-state index in [1.54, 1.807) is 0 Å². The maximum absolute atomic E-state index is 11.1. The Bertz CT molecular complexity index is 500.